The van der Waals surface area contributed by atoms with Crippen LogP contribution in [0.25, 0.3) is 0 Å². The fourth-order valence-electron chi connectivity index (χ4n) is 1.82. The van der Waals surface area contributed by atoms with E-state index in [1.54, 1.807) is 22.9 Å². The van der Waals surface area contributed by atoms with Gasteiger partial charge in [-0.15, -0.1) is 0 Å². The summed E-state index contributed by atoms with van der Waals surface area (Å²) in [6.07, 6.45) is 1.57. The summed E-state index contributed by atoms with van der Waals surface area (Å²) in [5.74, 6) is -0.153. The highest BCUT2D eigenvalue weighted by Gasteiger charge is 2.19. The zero-order valence-corrected chi connectivity index (χ0v) is 12.4. The summed E-state index contributed by atoms with van der Waals surface area (Å²) in [6.45, 7) is 2.46. The molecule has 6 heteroatoms. The number of aromatic nitrogens is 2. The van der Waals surface area contributed by atoms with Crippen LogP contribution in [0.2, 0.25) is 15.1 Å². The van der Waals surface area contributed by atoms with Crippen LogP contribution in [0.15, 0.2) is 24.4 Å². The monoisotopic (exact) mass is 316 g/mol. The number of hydrogen-bond donors (Lipinski definition) is 0. The van der Waals surface area contributed by atoms with E-state index in [0.717, 1.165) is 0 Å². The molecule has 19 heavy (non-hydrogen) atoms. The first-order valence-electron chi connectivity index (χ1n) is 5.72. The van der Waals surface area contributed by atoms with Crippen molar-refractivity contribution in [3.05, 3.63) is 50.7 Å². The van der Waals surface area contributed by atoms with E-state index in [1.807, 2.05) is 6.92 Å². The van der Waals surface area contributed by atoms with Crippen LogP contribution in [0.3, 0.4) is 0 Å². The third kappa shape index (κ3) is 2.94. The molecule has 0 aliphatic heterocycles. The molecule has 0 N–H and O–H groups in total. The Kier molecular flexibility index (Phi) is 4.50. The van der Waals surface area contributed by atoms with Gasteiger partial charge in [0, 0.05) is 23.0 Å². The fourth-order valence-corrected chi connectivity index (χ4v) is 2.60. The molecule has 0 atom stereocenters. The summed E-state index contributed by atoms with van der Waals surface area (Å²) in [6, 6.07) is 5.14. The number of rotatable bonds is 4. The van der Waals surface area contributed by atoms with Gasteiger partial charge in [-0.3, -0.25) is 9.48 Å². The predicted octanol–water partition coefficient (Wildman–Crippen LogP) is 4.29. The summed E-state index contributed by atoms with van der Waals surface area (Å²) >= 11 is 18.1. The maximum absolute atomic E-state index is 12.3. The summed E-state index contributed by atoms with van der Waals surface area (Å²) < 4.78 is 1.56. The molecule has 0 fully saturated rings. The number of nitrogens with zero attached hydrogens (tertiary/aromatic N) is 2. The van der Waals surface area contributed by atoms with E-state index in [4.69, 9.17) is 34.8 Å². The minimum atomic E-state index is -0.153. The Hall–Kier alpha value is -1.03. The smallest absolute Gasteiger partial charge is 0.186 e. The van der Waals surface area contributed by atoms with E-state index >= 15 is 0 Å². The van der Waals surface area contributed by atoms with Crippen molar-refractivity contribution < 1.29 is 4.79 Å². The van der Waals surface area contributed by atoms with E-state index in [-0.39, 0.29) is 12.2 Å². The van der Waals surface area contributed by atoms with Crippen LogP contribution >= 0.6 is 34.8 Å². The van der Waals surface area contributed by atoms with E-state index in [9.17, 15) is 4.79 Å². The van der Waals surface area contributed by atoms with Crippen LogP contribution in [0.5, 0.6) is 0 Å². The molecule has 0 amide bonds. The summed E-state index contributed by atoms with van der Waals surface area (Å²) in [5, 5.41) is 5.33. The highest BCUT2D eigenvalue weighted by Crippen LogP contribution is 2.27. The highest BCUT2D eigenvalue weighted by molar-refractivity contribution is 6.37. The molecule has 100 valence electrons. The first kappa shape index (κ1) is 14.4. The van der Waals surface area contributed by atoms with E-state index < -0.39 is 0 Å². The van der Waals surface area contributed by atoms with Crippen molar-refractivity contribution in [1.82, 2.24) is 9.78 Å². The Labute approximate surface area is 126 Å². The zero-order valence-electron chi connectivity index (χ0n) is 10.2. The van der Waals surface area contributed by atoms with Crippen molar-refractivity contribution in [2.24, 2.45) is 0 Å². The van der Waals surface area contributed by atoms with Crippen molar-refractivity contribution in [1.29, 1.82) is 0 Å². The molecule has 0 radical (unpaired) electrons. The maximum Gasteiger partial charge on any atom is 0.186 e. The zero-order chi connectivity index (χ0) is 14.0. The van der Waals surface area contributed by atoms with E-state index in [1.165, 1.54) is 6.20 Å². The van der Waals surface area contributed by atoms with Crippen LogP contribution in [0, 0.1) is 0 Å². The van der Waals surface area contributed by atoms with Gasteiger partial charge < -0.3 is 0 Å². The Bertz CT molecular complexity index is 602. The number of carbonyl (C=O) groups is 1. The fraction of sp³-hybridized carbons (Fsp3) is 0.231. The predicted molar refractivity (Wildman–Crippen MR) is 77.4 cm³/mol. The second-order valence-electron chi connectivity index (χ2n) is 3.96. The number of ketones is 1. The molecule has 0 spiro atoms. The van der Waals surface area contributed by atoms with Crippen LogP contribution in [0.1, 0.15) is 23.0 Å². The van der Waals surface area contributed by atoms with Crippen LogP contribution in [-0.2, 0) is 13.0 Å². The van der Waals surface area contributed by atoms with E-state index in [0.29, 0.717) is 32.9 Å². The van der Waals surface area contributed by atoms with Gasteiger partial charge in [0.2, 0.25) is 0 Å². The van der Waals surface area contributed by atoms with Crippen LogP contribution in [-0.4, -0.2) is 15.6 Å². The average molecular weight is 318 g/mol. The first-order chi connectivity index (χ1) is 9.04. The molecule has 0 aliphatic rings. The lowest BCUT2D eigenvalue weighted by atomic mass is 10.1. The van der Waals surface area contributed by atoms with E-state index in [2.05, 4.69) is 5.10 Å². The molecule has 1 heterocycles. The second kappa shape index (κ2) is 5.95. The Morgan fingerprint density at radius 2 is 1.84 bits per heavy atom. The third-order valence-electron chi connectivity index (χ3n) is 2.76. The van der Waals surface area contributed by atoms with Crippen molar-refractivity contribution in [3.8, 4) is 0 Å². The number of aryl methyl sites for hydroxylation is 1. The molecule has 0 aliphatic carbocycles. The summed E-state index contributed by atoms with van der Waals surface area (Å²) in [4.78, 5) is 12.3. The van der Waals surface area contributed by atoms with Gasteiger partial charge >= 0.3 is 0 Å². The average Bonchev–Trinajstić information content (AvgIpc) is 2.75. The lowest BCUT2D eigenvalue weighted by Gasteiger charge is -2.08. The van der Waals surface area contributed by atoms with Gasteiger partial charge in [-0.25, -0.2) is 0 Å². The molecule has 0 bridgehead atoms. The Morgan fingerprint density at radius 3 is 2.42 bits per heavy atom. The van der Waals surface area contributed by atoms with Crippen LogP contribution in [0.4, 0.5) is 0 Å². The standard InChI is InChI=1S/C13H11Cl3N2O/c1-2-18-13(11(16)7-17-18)12(19)6-8-9(14)4-3-5-10(8)15/h3-5,7H,2,6H2,1H3. The summed E-state index contributed by atoms with van der Waals surface area (Å²) in [5.41, 5.74) is 0.996. The third-order valence-corrected chi connectivity index (χ3v) is 3.74. The maximum atomic E-state index is 12.3. The van der Waals surface area contributed by atoms with Gasteiger partial charge in [0.1, 0.15) is 5.69 Å². The number of carbonyl (C=O) groups excluding carboxylic acids is 1. The SMILES string of the molecule is CCn1ncc(Cl)c1C(=O)Cc1c(Cl)cccc1Cl. The molecular weight excluding hydrogens is 307 g/mol. The second-order valence-corrected chi connectivity index (χ2v) is 5.18. The topological polar surface area (TPSA) is 34.9 Å². The van der Waals surface area contributed by atoms with Gasteiger partial charge in [-0.05, 0) is 24.6 Å². The Balaban J connectivity index is 2.34. The number of halogens is 3. The van der Waals surface area contributed by atoms with Gasteiger partial charge in [-0.2, -0.15) is 5.10 Å². The first-order valence-corrected chi connectivity index (χ1v) is 6.85. The number of benzene rings is 1. The molecule has 2 aromatic rings. The molecule has 0 unspecified atom stereocenters. The Morgan fingerprint density at radius 1 is 1.21 bits per heavy atom. The van der Waals surface area contributed by atoms with Crippen molar-refractivity contribution in [3.63, 3.8) is 0 Å². The van der Waals surface area contributed by atoms with Gasteiger partial charge in [-0.1, -0.05) is 40.9 Å². The van der Waals surface area contributed by atoms with Gasteiger partial charge in [0.05, 0.1) is 11.2 Å². The molecule has 1 aromatic heterocycles. The number of Topliss-reactive ketones (excluding diaryl/α,β-unsaturated/α-hetero) is 1. The van der Waals surface area contributed by atoms with Gasteiger partial charge in [0.25, 0.3) is 0 Å². The normalized spacial score (nSPS) is 10.7. The molecule has 0 saturated heterocycles. The molecule has 2 rings (SSSR count). The van der Waals surface area contributed by atoms with Gasteiger partial charge in [0.15, 0.2) is 5.78 Å². The highest BCUT2D eigenvalue weighted by atomic mass is 35.5. The minimum absolute atomic E-state index is 0.101. The van der Waals surface area contributed by atoms with Crippen molar-refractivity contribution in [2.45, 2.75) is 19.9 Å². The molecule has 0 saturated carbocycles. The lowest BCUT2D eigenvalue weighted by molar-refractivity contribution is 0.0983. The number of hydrogen-bond acceptors (Lipinski definition) is 2. The lowest BCUT2D eigenvalue weighted by Crippen LogP contribution is -2.12. The largest absolute Gasteiger partial charge is 0.292 e. The minimum Gasteiger partial charge on any atom is -0.292 e. The van der Waals surface area contributed by atoms with Crippen molar-refractivity contribution >= 4 is 40.6 Å². The summed E-state index contributed by atoms with van der Waals surface area (Å²) in [7, 11) is 0. The quantitative estimate of drug-likeness (QED) is 0.789. The molecule has 3 nitrogen and oxygen atoms in total. The van der Waals surface area contributed by atoms with Crippen molar-refractivity contribution in [2.75, 3.05) is 0 Å². The molecular formula is C13H11Cl3N2O. The van der Waals surface area contributed by atoms with Crippen LogP contribution < -0.4 is 0 Å². The molecule has 1 aromatic carbocycles.